The Morgan fingerprint density at radius 3 is 2.71 bits per heavy atom. The smallest absolute Gasteiger partial charge is 0.231 e. The summed E-state index contributed by atoms with van der Waals surface area (Å²) in [5.41, 5.74) is 1.30. The van der Waals surface area contributed by atoms with Crippen LogP contribution >= 0.6 is 0 Å². The van der Waals surface area contributed by atoms with E-state index in [1.165, 1.54) is 18.4 Å². The summed E-state index contributed by atoms with van der Waals surface area (Å²) >= 11 is 0. The average Bonchev–Trinajstić information content (AvgIpc) is 2.97. The highest BCUT2D eigenvalue weighted by Crippen LogP contribution is 2.42. The van der Waals surface area contributed by atoms with E-state index >= 15 is 0 Å². The van der Waals surface area contributed by atoms with Crippen LogP contribution in [0.3, 0.4) is 0 Å². The van der Waals surface area contributed by atoms with Crippen LogP contribution in [-0.2, 0) is 0 Å². The second kappa shape index (κ2) is 6.67. The number of piperazine rings is 1. The Balaban J connectivity index is 1.85. The van der Waals surface area contributed by atoms with E-state index in [0.717, 1.165) is 43.6 Å². The second-order valence-corrected chi connectivity index (χ2v) is 6.35. The van der Waals surface area contributed by atoms with Gasteiger partial charge < -0.3 is 14.8 Å². The van der Waals surface area contributed by atoms with Crippen molar-refractivity contribution in [3.63, 3.8) is 0 Å². The molecule has 1 atom stereocenters. The Hall–Kier alpha value is -1.26. The molecule has 1 fully saturated rings. The lowest BCUT2D eigenvalue weighted by Gasteiger charge is -2.36. The van der Waals surface area contributed by atoms with Crippen LogP contribution in [0, 0.1) is 5.92 Å². The predicted octanol–water partition coefficient (Wildman–Crippen LogP) is 2.80. The van der Waals surface area contributed by atoms with Gasteiger partial charge in [-0.05, 0) is 24.8 Å². The van der Waals surface area contributed by atoms with Gasteiger partial charge in [0.05, 0.1) is 0 Å². The number of hydrogen-bond acceptors (Lipinski definition) is 4. The van der Waals surface area contributed by atoms with Gasteiger partial charge in [-0.2, -0.15) is 0 Å². The number of nitrogens with zero attached hydrogens (tertiary/aromatic N) is 1. The molecule has 0 aliphatic carbocycles. The quantitative estimate of drug-likeness (QED) is 0.904. The molecule has 0 aromatic heterocycles. The molecule has 1 saturated heterocycles. The van der Waals surface area contributed by atoms with Crippen molar-refractivity contribution in [1.29, 1.82) is 0 Å². The third-order valence-electron chi connectivity index (χ3n) is 4.40. The van der Waals surface area contributed by atoms with Crippen LogP contribution in [-0.4, -0.2) is 37.9 Å². The SMILES string of the molecule is CC(C)CC[C@@H](c1cccc2c1OCO2)N1CCNCC1. The van der Waals surface area contributed by atoms with E-state index in [2.05, 4.69) is 36.2 Å². The summed E-state index contributed by atoms with van der Waals surface area (Å²) in [5, 5.41) is 3.44. The molecule has 2 aliphatic heterocycles. The number of benzene rings is 1. The lowest BCUT2D eigenvalue weighted by Crippen LogP contribution is -2.45. The molecule has 4 heteroatoms. The molecule has 0 unspecified atom stereocenters. The molecule has 21 heavy (non-hydrogen) atoms. The number of nitrogens with one attached hydrogen (secondary N) is 1. The molecule has 0 radical (unpaired) electrons. The summed E-state index contributed by atoms with van der Waals surface area (Å²) in [6.07, 6.45) is 2.41. The first-order valence-electron chi connectivity index (χ1n) is 8.09. The van der Waals surface area contributed by atoms with Crippen molar-refractivity contribution in [1.82, 2.24) is 10.2 Å². The van der Waals surface area contributed by atoms with Crippen LogP contribution in [0.5, 0.6) is 11.5 Å². The molecular weight excluding hydrogens is 264 g/mol. The fourth-order valence-corrected chi connectivity index (χ4v) is 3.23. The van der Waals surface area contributed by atoms with Crippen LogP contribution in [0.15, 0.2) is 18.2 Å². The number of ether oxygens (including phenoxy) is 2. The van der Waals surface area contributed by atoms with Gasteiger partial charge in [0.2, 0.25) is 6.79 Å². The first kappa shape index (κ1) is 14.7. The summed E-state index contributed by atoms with van der Waals surface area (Å²) in [6.45, 7) is 9.30. The highest BCUT2D eigenvalue weighted by atomic mass is 16.7. The zero-order chi connectivity index (χ0) is 14.7. The summed E-state index contributed by atoms with van der Waals surface area (Å²) < 4.78 is 11.3. The van der Waals surface area contributed by atoms with E-state index in [0.29, 0.717) is 12.8 Å². The maximum Gasteiger partial charge on any atom is 0.231 e. The molecule has 1 aromatic rings. The minimum absolute atomic E-state index is 0.352. The predicted molar refractivity (Wildman–Crippen MR) is 83.8 cm³/mol. The Kier molecular flexibility index (Phi) is 4.66. The lowest BCUT2D eigenvalue weighted by molar-refractivity contribution is 0.150. The third kappa shape index (κ3) is 3.33. The maximum absolute atomic E-state index is 5.74. The Labute approximate surface area is 127 Å². The zero-order valence-corrected chi connectivity index (χ0v) is 13.1. The van der Waals surface area contributed by atoms with Crippen LogP contribution in [0.1, 0.15) is 38.3 Å². The molecule has 0 amide bonds. The van der Waals surface area contributed by atoms with Crippen molar-refractivity contribution in [2.75, 3.05) is 33.0 Å². The molecule has 0 spiro atoms. The monoisotopic (exact) mass is 290 g/mol. The van der Waals surface area contributed by atoms with Gasteiger partial charge in [0.1, 0.15) is 0 Å². The second-order valence-electron chi connectivity index (χ2n) is 6.35. The Morgan fingerprint density at radius 1 is 1.14 bits per heavy atom. The highest BCUT2D eigenvalue weighted by Gasteiger charge is 2.28. The van der Waals surface area contributed by atoms with Gasteiger partial charge in [0.15, 0.2) is 11.5 Å². The van der Waals surface area contributed by atoms with E-state index in [9.17, 15) is 0 Å². The van der Waals surface area contributed by atoms with Gasteiger partial charge in [0.25, 0.3) is 0 Å². The molecule has 4 nitrogen and oxygen atoms in total. The molecule has 0 saturated carbocycles. The average molecular weight is 290 g/mol. The molecule has 2 aliphatic rings. The van der Waals surface area contributed by atoms with Gasteiger partial charge in [0, 0.05) is 37.8 Å². The van der Waals surface area contributed by atoms with Crippen molar-refractivity contribution >= 4 is 0 Å². The van der Waals surface area contributed by atoms with Crippen molar-refractivity contribution in [2.24, 2.45) is 5.92 Å². The molecule has 1 N–H and O–H groups in total. The Morgan fingerprint density at radius 2 is 1.95 bits per heavy atom. The standard InChI is InChI=1S/C17H26N2O2/c1-13(2)6-7-15(19-10-8-18-9-11-19)14-4-3-5-16-17(14)21-12-20-16/h3-5,13,15,18H,6-12H2,1-2H3/t15-/m0/s1. The number of para-hydroxylation sites is 1. The van der Waals surface area contributed by atoms with Crippen molar-refractivity contribution < 1.29 is 9.47 Å². The van der Waals surface area contributed by atoms with Gasteiger partial charge in [-0.1, -0.05) is 26.0 Å². The van der Waals surface area contributed by atoms with Gasteiger partial charge in [-0.3, -0.25) is 4.90 Å². The number of fused-ring (bicyclic) bond motifs is 1. The fourth-order valence-electron chi connectivity index (χ4n) is 3.23. The van der Waals surface area contributed by atoms with E-state index in [1.54, 1.807) is 0 Å². The van der Waals surface area contributed by atoms with Crippen LogP contribution in [0.4, 0.5) is 0 Å². The molecule has 3 rings (SSSR count). The van der Waals surface area contributed by atoms with Gasteiger partial charge >= 0.3 is 0 Å². The van der Waals surface area contributed by atoms with E-state index < -0.39 is 0 Å². The lowest BCUT2D eigenvalue weighted by atomic mass is 9.95. The summed E-state index contributed by atoms with van der Waals surface area (Å²) in [7, 11) is 0. The summed E-state index contributed by atoms with van der Waals surface area (Å²) in [6, 6.07) is 6.74. The third-order valence-corrected chi connectivity index (χ3v) is 4.40. The van der Waals surface area contributed by atoms with Crippen LogP contribution < -0.4 is 14.8 Å². The molecular formula is C17H26N2O2. The van der Waals surface area contributed by atoms with E-state index in [-0.39, 0.29) is 0 Å². The number of hydrogen-bond donors (Lipinski definition) is 1. The van der Waals surface area contributed by atoms with Crippen molar-refractivity contribution in [2.45, 2.75) is 32.7 Å². The van der Waals surface area contributed by atoms with E-state index in [1.807, 2.05) is 6.07 Å². The fraction of sp³-hybridized carbons (Fsp3) is 0.647. The number of rotatable bonds is 5. The zero-order valence-electron chi connectivity index (χ0n) is 13.1. The van der Waals surface area contributed by atoms with Crippen LogP contribution in [0.25, 0.3) is 0 Å². The van der Waals surface area contributed by atoms with E-state index in [4.69, 9.17) is 9.47 Å². The molecule has 2 heterocycles. The first-order chi connectivity index (χ1) is 10.3. The summed E-state index contributed by atoms with van der Waals surface area (Å²) in [5.74, 6) is 2.59. The van der Waals surface area contributed by atoms with Crippen LogP contribution in [0.2, 0.25) is 0 Å². The molecule has 1 aromatic carbocycles. The highest BCUT2D eigenvalue weighted by molar-refractivity contribution is 5.49. The normalized spacial score (nSPS) is 20.0. The first-order valence-corrected chi connectivity index (χ1v) is 8.09. The molecule has 0 bridgehead atoms. The largest absolute Gasteiger partial charge is 0.454 e. The minimum Gasteiger partial charge on any atom is -0.454 e. The van der Waals surface area contributed by atoms with Gasteiger partial charge in [-0.15, -0.1) is 0 Å². The minimum atomic E-state index is 0.352. The topological polar surface area (TPSA) is 33.7 Å². The van der Waals surface area contributed by atoms with Crippen molar-refractivity contribution in [3.05, 3.63) is 23.8 Å². The Bertz CT molecular complexity index is 470. The van der Waals surface area contributed by atoms with Gasteiger partial charge in [-0.25, -0.2) is 0 Å². The van der Waals surface area contributed by atoms with Crippen molar-refractivity contribution in [3.8, 4) is 11.5 Å². The maximum atomic E-state index is 5.74. The summed E-state index contributed by atoms with van der Waals surface area (Å²) in [4.78, 5) is 2.59. The molecule has 116 valence electrons.